The van der Waals surface area contributed by atoms with Crippen molar-refractivity contribution < 1.29 is 28.2 Å². The molecule has 0 aromatic heterocycles. The van der Waals surface area contributed by atoms with Crippen molar-refractivity contribution in [2.24, 2.45) is 0 Å². The van der Waals surface area contributed by atoms with E-state index in [9.17, 15) is 14.4 Å². The lowest BCUT2D eigenvalue weighted by molar-refractivity contribution is -0.133. The molecule has 40 heavy (non-hydrogen) atoms. The Morgan fingerprint density at radius 3 is 2.55 bits per heavy atom. The van der Waals surface area contributed by atoms with Gasteiger partial charge in [0.1, 0.15) is 39.6 Å². The zero-order valence-electron chi connectivity index (χ0n) is 23.6. The molecular formula is C29H36B2FN3O5. The summed E-state index contributed by atoms with van der Waals surface area (Å²) in [5, 5.41) is 0.496. The lowest BCUT2D eigenvalue weighted by atomic mass is 9.61. The third-order valence-electron chi connectivity index (χ3n) is 6.99. The van der Waals surface area contributed by atoms with Crippen LogP contribution in [0.5, 0.6) is 5.75 Å². The molecule has 4 radical (unpaired) electrons. The second-order valence-electron chi connectivity index (χ2n) is 10.4. The van der Waals surface area contributed by atoms with Gasteiger partial charge in [-0.3, -0.25) is 14.5 Å². The molecule has 3 atom stereocenters. The Hall–Kier alpha value is -3.17. The third kappa shape index (κ3) is 7.95. The minimum Gasteiger partial charge on any atom is -0.502 e. The van der Waals surface area contributed by atoms with Gasteiger partial charge in [0.2, 0.25) is 12.3 Å². The number of likely N-dealkylation sites (N-methyl/N-ethyl adjacent to an activating group) is 1. The summed E-state index contributed by atoms with van der Waals surface area (Å²) in [5.74, 6) is -0.767. The molecule has 2 aromatic carbocycles. The van der Waals surface area contributed by atoms with Crippen molar-refractivity contribution in [3.8, 4) is 5.75 Å². The maximum absolute atomic E-state index is 15.3. The Kier molecular flexibility index (Phi) is 10.9. The number of nitrogens with zero attached hydrogens (tertiary/aromatic N) is 2. The van der Waals surface area contributed by atoms with Gasteiger partial charge in [-0.05, 0) is 50.5 Å². The first-order chi connectivity index (χ1) is 19.0. The van der Waals surface area contributed by atoms with E-state index in [1.54, 1.807) is 18.2 Å². The Balaban J connectivity index is 1.83. The Labute approximate surface area is 238 Å². The number of hydrogen-bond donors (Lipinski definition) is 1. The highest BCUT2D eigenvalue weighted by molar-refractivity contribution is 6.39. The molecule has 3 rings (SSSR count). The molecule has 1 aliphatic heterocycles. The number of halogens is 1. The van der Waals surface area contributed by atoms with Crippen LogP contribution in [-0.4, -0.2) is 82.5 Å². The zero-order chi connectivity index (χ0) is 29.4. The van der Waals surface area contributed by atoms with Crippen LogP contribution < -0.4 is 10.1 Å². The average molecular weight is 547 g/mol. The number of aldehydes is 1. The van der Waals surface area contributed by atoms with E-state index in [-0.39, 0.29) is 42.9 Å². The highest BCUT2D eigenvalue weighted by atomic mass is 19.1. The first kappa shape index (κ1) is 31.4. The molecule has 3 unspecified atom stereocenters. The molecule has 1 fully saturated rings. The minimum atomic E-state index is -2.03. The van der Waals surface area contributed by atoms with Crippen LogP contribution in [0.1, 0.15) is 48.9 Å². The summed E-state index contributed by atoms with van der Waals surface area (Å²) in [5.41, 5.74) is 2.03. The first-order valence-corrected chi connectivity index (χ1v) is 13.4. The molecule has 1 heterocycles. The van der Waals surface area contributed by atoms with Gasteiger partial charge in [-0.25, -0.2) is 4.39 Å². The van der Waals surface area contributed by atoms with Crippen molar-refractivity contribution in [2.75, 3.05) is 20.1 Å². The molecule has 2 amide bonds. The maximum atomic E-state index is 15.3. The number of nitrogens with one attached hydrogen (secondary N) is 1. The van der Waals surface area contributed by atoms with Crippen LogP contribution >= 0.6 is 0 Å². The van der Waals surface area contributed by atoms with Gasteiger partial charge in [-0.1, -0.05) is 24.3 Å². The molecule has 0 bridgehead atoms. The molecule has 1 aliphatic rings. The molecule has 0 spiro atoms. The van der Waals surface area contributed by atoms with Crippen molar-refractivity contribution in [1.82, 2.24) is 15.1 Å². The average Bonchev–Trinajstić information content (AvgIpc) is 2.88. The van der Waals surface area contributed by atoms with Gasteiger partial charge in [-0.2, -0.15) is 0 Å². The van der Waals surface area contributed by atoms with E-state index in [1.165, 1.54) is 24.1 Å². The predicted molar refractivity (Wildman–Crippen MR) is 151 cm³/mol. The van der Waals surface area contributed by atoms with Gasteiger partial charge in [0.25, 0.3) is 0 Å². The van der Waals surface area contributed by atoms with Crippen LogP contribution in [0.4, 0.5) is 4.39 Å². The molecular weight excluding hydrogens is 511 g/mol. The van der Waals surface area contributed by atoms with Crippen LogP contribution in [0, 0.1) is 12.7 Å². The first-order valence-electron chi connectivity index (χ1n) is 13.4. The number of amides is 2. The van der Waals surface area contributed by atoms with Crippen molar-refractivity contribution >= 4 is 34.3 Å². The van der Waals surface area contributed by atoms with Gasteiger partial charge < -0.3 is 24.5 Å². The highest BCUT2D eigenvalue weighted by Crippen LogP contribution is 2.31. The molecule has 0 aliphatic carbocycles. The molecule has 11 heteroatoms. The van der Waals surface area contributed by atoms with Gasteiger partial charge in [0.15, 0.2) is 0 Å². The van der Waals surface area contributed by atoms with Crippen LogP contribution in [0.2, 0.25) is 0 Å². The fourth-order valence-electron chi connectivity index (χ4n) is 5.10. The lowest BCUT2D eigenvalue weighted by Crippen LogP contribution is -2.45. The molecule has 210 valence electrons. The van der Waals surface area contributed by atoms with Gasteiger partial charge >= 0.3 is 0 Å². The van der Waals surface area contributed by atoms with E-state index in [1.807, 2.05) is 26.8 Å². The summed E-state index contributed by atoms with van der Waals surface area (Å²) < 4.78 is 27.1. The van der Waals surface area contributed by atoms with Crippen LogP contribution in [-0.2, 0) is 37.6 Å². The van der Waals surface area contributed by atoms with Crippen LogP contribution in [0.3, 0.4) is 0 Å². The maximum Gasteiger partial charge on any atom is 0.242 e. The Morgan fingerprint density at radius 1 is 1.25 bits per heavy atom. The van der Waals surface area contributed by atoms with Crippen molar-refractivity contribution in [3.63, 3.8) is 0 Å². The van der Waals surface area contributed by atoms with Gasteiger partial charge in [0.05, 0.1) is 24.2 Å². The quantitative estimate of drug-likeness (QED) is 0.306. The van der Waals surface area contributed by atoms with Gasteiger partial charge in [0, 0.05) is 44.2 Å². The summed E-state index contributed by atoms with van der Waals surface area (Å²) in [6.07, 6.45) is 1.69. The number of morpholine rings is 1. The van der Waals surface area contributed by atoms with Gasteiger partial charge in [-0.15, -0.1) is 0 Å². The van der Waals surface area contributed by atoms with Crippen LogP contribution in [0.15, 0.2) is 36.4 Å². The SMILES string of the molecule is [B]C([B])(Oc1cccc(C)c1CN(C=O)C(CCC=O)C(=O)NC)c1ccc(CN2CC(C)OC(C)C2)cc1F. The summed E-state index contributed by atoms with van der Waals surface area (Å²) in [6, 6.07) is 8.98. The molecule has 0 saturated carbocycles. The van der Waals surface area contributed by atoms with Crippen LogP contribution in [0.25, 0.3) is 0 Å². The predicted octanol–water partition coefficient (Wildman–Crippen LogP) is 2.32. The number of carbonyl (C=O) groups excluding carboxylic acids is 3. The fourth-order valence-corrected chi connectivity index (χ4v) is 5.10. The second-order valence-corrected chi connectivity index (χ2v) is 10.4. The van der Waals surface area contributed by atoms with Crippen molar-refractivity contribution in [1.29, 1.82) is 0 Å². The number of ether oxygens (including phenoxy) is 2. The monoisotopic (exact) mass is 547 g/mol. The Bertz CT molecular complexity index is 1190. The van der Waals surface area contributed by atoms with E-state index in [2.05, 4.69) is 10.2 Å². The van der Waals surface area contributed by atoms with E-state index < -0.39 is 23.2 Å². The number of benzene rings is 2. The minimum absolute atomic E-state index is 0.0175. The number of carbonyl (C=O) groups is 3. The third-order valence-corrected chi connectivity index (χ3v) is 6.99. The molecule has 2 aromatic rings. The number of aryl methyl sites for hydroxylation is 1. The van der Waals surface area contributed by atoms with Crippen molar-refractivity contribution in [2.45, 2.75) is 70.4 Å². The fraction of sp³-hybridized carbons (Fsp3) is 0.483. The lowest BCUT2D eigenvalue weighted by Gasteiger charge is -2.35. The molecule has 1 saturated heterocycles. The molecule has 1 N–H and O–H groups in total. The molecule has 8 nitrogen and oxygen atoms in total. The topological polar surface area (TPSA) is 88.2 Å². The Morgan fingerprint density at radius 2 is 1.95 bits per heavy atom. The summed E-state index contributed by atoms with van der Waals surface area (Å²) in [7, 11) is 14.1. The summed E-state index contributed by atoms with van der Waals surface area (Å²) in [6.45, 7) is 7.87. The zero-order valence-corrected chi connectivity index (χ0v) is 23.6. The number of rotatable bonds is 13. The van der Waals surface area contributed by atoms with E-state index in [4.69, 9.17) is 25.2 Å². The van der Waals surface area contributed by atoms with Crippen molar-refractivity contribution in [3.05, 3.63) is 64.5 Å². The van der Waals surface area contributed by atoms with E-state index >= 15 is 4.39 Å². The number of hydrogen-bond acceptors (Lipinski definition) is 6. The smallest absolute Gasteiger partial charge is 0.242 e. The summed E-state index contributed by atoms with van der Waals surface area (Å²) in [4.78, 5) is 38.9. The normalized spacial score (nSPS) is 18.5. The largest absolute Gasteiger partial charge is 0.502 e. The second kappa shape index (κ2) is 13.9. The standard InChI is InChI=1S/C29H36B2FN3O5/c1-19-7-5-9-27(23(19)17-35(18-37)26(8-6-12-36)28(38)33-4)40-29(30,31)24-11-10-22(13-25(24)32)16-34-14-20(2)39-21(3)15-34/h5,7,9-13,18,20-21,26H,6,8,14-17H2,1-4H3,(H,33,38). The highest BCUT2D eigenvalue weighted by Gasteiger charge is 2.29. The van der Waals surface area contributed by atoms with E-state index in [0.717, 1.165) is 24.2 Å². The van der Waals surface area contributed by atoms with E-state index in [0.29, 0.717) is 24.8 Å². The summed E-state index contributed by atoms with van der Waals surface area (Å²) >= 11 is 0.